The topological polar surface area (TPSA) is 61.6 Å². The van der Waals surface area contributed by atoms with Crippen molar-refractivity contribution >= 4 is 11.6 Å². The highest BCUT2D eigenvalue weighted by atomic mass is 16.2. The summed E-state index contributed by atoms with van der Waals surface area (Å²) in [5, 5.41) is 3.26. The molecule has 1 heterocycles. The molecule has 1 amide bonds. The number of rotatable bonds is 5. The van der Waals surface area contributed by atoms with E-state index in [1.807, 2.05) is 6.07 Å². The van der Waals surface area contributed by atoms with E-state index in [0.29, 0.717) is 6.54 Å². The standard InChI is InChI=1S/C23H30N4O/c24-20-9-10-21-19(15-20)7-4-8-22(21)25-23(28)17-27-13-11-26(12-14-27)16-18-5-2-1-3-6-18/h1-3,5-6,9-10,15,22H,4,7-8,11-14,16-17,24H2,(H,25,28). The molecule has 2 aromatic carbocycles. The minimum atomic E-state index is 0.121. The number of aryl methyl sites for hydroxylation is 1. The summed E-state index contributed by atoms with van der Waals surface area (Å²) in [6.07, 6.45) is 3.16. The molecular formula is C23H30N4O. The van der Waals surface area contributed by atoms with Gasteiger partial charge < -0.3 is 11.1 Å². The van der Waals surface area contributed by atoms with Crippen LogP contribution in [0, 0.1) is 0 Å². The minimum Gasteiger partial charge on any atom is -0.399 e. The Morgan fingerprint density at radius 2 is 1.79 bits per heavy atom. The van der Waals surface area contributed by atoms with Crippen molar-refractivity contribution in [3.05, 3.63) is 65.2 Å². The zero-order valence-corrected chi connectivity index (χ0v) is 16.4. The van der Waals surface area contributed by atoms with Gasteiger partial charge in [0.25, 0.3) is 0 Å². The Labute approximate surface area is 167 Å². The largest absolute Gasteiger partial charge is 0.399 e. The normalized spacial score (nSPS) is 20.5. The van der Waals surface area contributed by atoms with Crippen LogP contribution in [0.1, 0.15) is 35.6 Å². The first-order chi connectivity index (χ1) is 13.7. The van der Waals surface area contributed by atoms with Gasteiger partial charge in [0.2, 0.25) is 5.91 Å². The van der Waals surface area contributed by atoms with Gasteiger partial charge in [-0.15, -0.1) is 0 Å². The van der Waals surface area contributed by atoms with Crippen molar-refractivity contribution in [2.75, 3.05) is 38.5 Å². The van der Waals surface area contributed by atoms with Crippen LogP contribution in [0.2, 0.25) is 0 Å². The number of piperazine rings is 1. The zero-order valence-electron chi connectivity index (χ0n) is 16.4. The van der Waals surface area contributed by atoms with E-state index in [-0.39, 0.29) is 11.9 Å². The van der Waals surface area contributed by atoms with Crippen molar-refractivity contribution in [2.24, 2.45) is 0 Å². The number of anilines is 1. The lowest BCUT2D eigenvalue weighted by atomic mass is 9.87. The van der Waals surface area contributed by atoms with Crippen molar-refractivity contribution in [3.8, 4) is 0 Å². The third-order valence-corrected chi connectivity index (χ3v) is 5.90. The molecular weight excluding hydrogens is 348 g/mol. The molecule has 0 aromatic heterocycles. The molecule has 28 heavy (non-hydrogen) atoms. The number of hydrogen-bond acceptors (Lipinski definition) is 4. The van der Waals surface area contributed by atoms with Crippen molar-refractivity contribution in [3.63, 3.8) is 0 Å². The third-order valence-electron chi connectivity index (χ3n) is 5.90. The average Bonchev–Trinajstić information content (AvgIpc) is 2.70. The molecule has 2 aromatic rings. The Kier molecular flexibility index (Phi) is 5.93. The maximum atomic E-state index is 12.6. The average molecular weight is 379 g/mol. The molecule has 1 aliphatic heterocycles. The number of carbonyl (C=O) groups is 1. The molecule has 0 bridgehead atoms. The molecule has 0 saturated carbocycles. The molecule has 1 unspecified atom stereocenters. The monoisotopic (exact) mass is 378 g/mol. The van der Waals surface area contributed by atoms with E-state index in [1.165, 1.54) is 16.7 Å². The van der Waals surface area contributed by atoms with Crippen LogP contribution in [0.15, 0.2) is 48.5 Å². The highest BCUT2D eigenvalue weighted by molar-refractivity contribution is 5.78. The van der Waals surface area contributed by atoms with Crippen LogP contribution >= 0.6 is 0 Å². The predicted molar refractivity (Wildman–Crippen MR) is 113 cm³/mol. The number of amides is 1. The quantitative estimate of drug-likeness (QED) is 0.785. The number of benzene rings is 2. The molecule has 3 N–H and O–H groups in total. The Hall–Kier alpha value is -2.37. The van der Waals surface area contributed by atoms with Crippen LogP contribution < -0.4 is 11.1 Å². The summed E-state index contributed by atoms with van der Waals surface area (Å²) in [6, 6.07) is 16.8. The number of nitrogens with zero attached hydrogens (tertiary/aromatic N) is 2. The highest BCUT2D eigenvalue weighted by Crippen LogP contribution is 2.30. The summed E-state index contributed by atoms with van der Waals surface area (Å²) in [6.45, 7) is 5.38. The van der Waals surface area contributed by atoms with Crippen LogP contribution in [0.5, 0.6) is 0 Å². The number of fused-ring (bicyclic) bond motifs is 1. The lowest BCUT2D eigenvalue weighted by Crippen LogP contribution is -2.49. The zero-order chi connectivity index (χ0) is 19.3. The van der Waals surface area contributed by atoms with Gasteiger partial charge in [-0.2, -0.15) is 0 Å². The van der Waals surface area contributed by atoms with Gasteiger partial charge in [0.15, 0.2) is 0 Å². The maximum Gasteiger partial charge on any atom is 0.234 e. The van der Waals surface area contributed by atoms with Gasteiger partial charge in [-0.1, -0.05) is 36.4 Å². The third kappa shape index (κ3) is 4.72. The first-order valence-corrected chi connectivity index (χ1v) is 10.3. The van der Waals surface area contributed by atoms with Gasteiger partial charge in [0, 0.05) is 38.4 Å². The molecule has 4 rings (SSSR count). The van der Waals surface area contributed by atoms with Gasteiger partial charge in [-0.25, -0.2) is 0 Å². The number of carbonyl (C=O) groups excluding carboxylic acids is 1. The predicted octanol–water partition coefficient (Wildman–Crippen LogP) is 2.58. The highest BCUT2D eigenvalue weighted by Gasteiger charge is 2.24. The van der Waals surface area contributed by atoms with Gasteiger partial charge in [0.05, 0.1) is 12.6 Å². The first kappa shape index (κ1) is 19.0. The Balaban J connectivity index is 1.25. The lowest BCUT2D eigenvalue weighted by molar-refractivity contribution is -0.123. The van der Waals surface area contributed by atoms with Crippen molar-refractivity contribution in [1.82, 2.24) is 15.1 Å². The van der Waals surface area contributed by atoms with Crippen LogP contribution in [0.25, 0.3) is 0 Å². The van der Waals surface area contributed by atoms with Gasteiger partial charge in [0.1, 0.15) is 0 Å². The molecule has 2 aliphatic rings. The first-order valence-electron chi connectivity index (χ1n) is 10.3. The molecule has 0 spiro atoms. The summed E-state index contributed by atoms with van der Waals surface area (Å²) < 4.78 is 0. The fourth-order valence-electron chi connectivity index (χ4n) is 4.37. The second-order valence-electron chi connectivity index (χ2n) is 8.01. The summed E-state index contributed by atoms with van der Waals surface area (Å²) in [7, 11) is 0. The maximum absolute atomic E-state index is 12.6. The number of nitrogens with one attached hydrogen (secondary N) is 1. The fraction of sp³-hybridized carbons (Fsp3) is 0.435. The lowest BCUT2D eigenvalue weighted by Gasteiger charge is -2.35. The SMILES string of the molecule is Nc1ccc2c(c1)CCCC2NC(=O)CN1CCN(Cc2ccccc2)CC1. The van der Waals surface area contributed by atoms with Crippen molar-refractivity contribution in [1.29, 1.82) is 0 Å². The molecule has 5 nitrogen and oxygen atoms in total. The van der Waals surface area contributed by atoms with Crippen LogP contribution in [0.4, 0.5) is 5.69 Å². The van der Waals surface area contributed by atoms with E-state index in [1.54, 1.807) is 0 Å². The fourth-order valence-corrected chi connectivity index (χ4v) is 4.37. The van der Waals surface area contributed by atoms with Crippen molar-refractivity contribution < 1.29 is 4.79 Å². The Bertz CT molecular complexity index is 800. The van der Waals surface area contributed by atoms with E-state index < -0.39 is 0 Å². The van der Waals surface area contributed by atoms with Crippen LogP contribution in [0.3, 0.4) is 0 Å². The summed E-state index contributed by atoms with van der Waals surface area (Å²) in [5.74, 6) is 0.131. The Morgan fingerprint density at radius 1 is 1.04 bits per heavy atom. The van der Waals surface area contributed by atoms with E-state index in [2.05, 4.69) is 57.6 Å². The molecule has 5 heteroatoms. The summed E-state index contributed by atoms with van der Waals surface area (Å²) >= 11 is 0. The molecule has 1 fully saturated rings. The van der Waals surface area contributed by atoms with Crippen molar-refractivity contribution in [2.45, 2.75) is 31.8 Å². The Morgan fingerprint density at radius 3 is 2.57 bits per heavy atom. The van der Waals surface area contributed by atoms with E-state index in [0.717, 1.165) is 57.7 Å². The number of nitrogens with two attached hydrogens (primary N) is 1. The second kappa shape index (κ2) is 8.76. The number of hydrogen-bond donors (Lipinski definition) is 2. The molecule has 0 radical (unpaired) electrons. The van der Waals surface area contributed by atoms with Gasteiger partial charge in [-0.3, -0.25) is 14.6 Å². The molecule has 1 atom stereocenters. The van der Waals surface area contributed by atoms with Crippen LogP contribution in [-0.2, 0) is 17.8 Å². The summed E-state index contributed by atoms with van der Waals surface area (Å²) in [4.78, 5) is 17.4. The van der Waals surface area contributed by atoms with Gasteiger partial charge in [-0.05, 0) is 48.1 Å². The number of nitrogen functional groups attached to an aromatic ring is 1. The molecule has 148 valence electrons. The smallest absolute Gasteiger partial charge is 0.234 e. The second-order valence-corrected chi connectivity index (χ2v) is 8.01. The van der Waals surface area contributed by atoms with Crippen LogP contribution in [-0.4, -0.2) is 48.4 Å². The summed E-state index contributed by atoms with van der Waals surface area (Å²) in [5.41, 5.74) is 10.6. The van der Waals surface area contributed by atoms with E-state index in [9.17, 15) is 4.79 Å². The van der Waals surface area contributed by atoms with E-state index in [4.69, 9.17) is 5.73 Å². The molecule has 1 saturated heterocycles. The van der Waals surface area contributed by atoms with Gasteiger partial charge >= 0.3 is 0 Å². The molecule has 1 aliphatic carbocycles. The minimum absolute atomic E-state index is 0.121. The van der Waals surface area contributed by atoms with E-state index >= 15 is 0 Å².